The Morgan fingerprint density at radius 3 is 3.00 bits per heavy atom. The van der Waals surface area contributed by atoms with E-state index in [1.165, 1.54) is 42.5 Å². The molecule has 0 radical (unpaired) electrons. The highest BCUT2D eigenvalue weighted by molar-refractivity contribution is 9.10. The molecule has 2 heterocycles. The smallest absolute Gasteiger partial charge is 0.119 e. The zero-order valence-electron chi connectivity index (χ0n) is 12.3. The molecule has 20 heavy (non-hydrogen) atoms. The largest absolute Gasteiger partial charge is 0.497 e. The minimum absolute atomic E-state index is 0.627. The van der Waals surface area contributed by atoms with Crippen LogP contribution in [0.4, 0.5) is 0 Å². The third-order valence-electron chi connectivity index (χ3n) is 4.69. The van der Waals surface area contributed by atoms with Crippen LogP contribution in [0.25, 0.3) is 0 Å². The molecule has 2 atom stereocenters. The molecular weight excluding hydrogens is 316 g/mol. The fourth-order valence-electron chi connectivity index (χ4n) is 3.49. The maximum atomic E-state index is 5.35. The number of piperazine rings is 1. The highest BCUT2D eigenvalue weighted by atomic mass is 79.9. The second kappa shape index (κ2) is 6.04. The topological polar surface area (TPSA) is 15.7 Å². The first-order valence-corrected chi connectivity index (χ1v) is 8.27. The van der Waals surface area contributed by atoms with Crippen molar-refractivity contribution in [3.63, 3.8) is 0 Å². The zero-order valence-corrected chi connectivity index (χ0v) is 13.9. The molecule has 0 spiro atoms. The van der Waals surface area contributed by atoms with Crippen LogP contribution in [-0.2, 0) is 6.54 Å². The second-order valence-corrected chi connectivity index (χ2v) is 6.88. The monoisotopic (exact) mass is 338 g/mol. The molecule has 2 saturated heterocycles. The van der Waals surface area contributed by atoms with Crippen LogP contribution < -0.4 is 4.74 Å². The van der Waals surface area contributed by atoms with Crippen LogP contribution in [0.1, 0.15) is 25.3 Å². The van der Waals surface area contributed by atoms with E-state index in [-0.39, 0.29) is 0 Å². The molecule has 1 aromatic rings. The second-order valence-electron chi connectivity index (χ2n) is 6.03. The normalized spacial score (nSPS) is 27.6. The van der Waals surface area contributed by atoms with E-state index in [1.54, 1.807) is 7.11 Å². The molecule has 0 aliphatic carbocycles. The van der Waals surface area contributed by atoms with E-state index < -0.39 is 0 Å². The SMILES string of the molecule is COc1ccc(Br)c(CN2CC3CCCN3CC2C)c1. The van der Waals surface area contributed by atoms with E-state index in [9.17, 15) is 0 Å². The van der Waals surface area contributed by atoms with E-state index in [1.807, 2.05) is 6.07 Å². The molecule has 2 fully saturated rings. The molecule has 1 aromatic carbocycles. The highest BCUT2D eigenvalue weighted by Crippen LogP contribution is 2.28. The highest BCUT2D eigenvalue weighted by Gasteiger charge is 2.34. The van der Waals surface area contributed by atoms with Crippen molar-refractivity contribution in [1.29, 1.82) is 0 Å². The number of hydrogen-bond acceptors (Lipinski definition) is 3. The number of methoxy groups -OCH3 is 1. The number of ether oxygens (including phenoxy) is 1. The van der Waals surface area contributed by atoms with E-state index in [0.29, 0.717) is 6.04 Å². The molecule has 0 aromatic heterocycles. The van der Waals surface area contributed by atoms with Gasteiger partial charge in [0.15, 0.2) is 0 Å². The fraction of sp³-hybridized carbons (Fsp3) is 0.625. The van der Waals surface area contributed by atoms with Crippen molar-refractivity contribution < 1.29 is 4.74 Å². The van der Waals surface area contributed by atoms with Crippen molar-refractivity contribution in [2.75, 3.05) is 26.7 Å². The van der Waals surface area contributed by atoms with Crippen molar-refractivity contribution in [2.45, 2.75) is 38.4 Å². The average molecular weight is 339 g/mol. The number of fused-ring (bicyclic) bond motifs is 1. The van der Waals surface area contributed by atoms with Crippen LogP contribution in [-0.4, -0.2) is 48.6 Å². The molecule has 2 aliphatic rings. The summed E-state index contributed by atoms with van der Waals surface area (Å²) < 4.78 is 6.53. The number of nitrogens with zero attached hydrogens (tertiary/aromatic N) is 2. The Labute approximate surface area is 130 Å². The summed E-state index contributed by atoms with van der Waals surface area (Å²) in [4.78, 5) is 5.29. The van der Waals surface area contributed by atoms with E-state index >= 15 is 0 Å². The molecule has 0 saturated carbocycles. The van der Waals surface area contributed by atoms with Crippen molar-refractivity contribution in [2.24, 2.45) is 0 Å². The summed E-state index contributed by atoms with van der Waals surface area (Å²) in [6.07, 6.45) is 2.73. The number of benzene rings is 1. The quantitative estimate of drug-likeness (QED) is 0.842. The van der Waals surface area contributed by atoms with E-state index in [4.69, 9.17) is 4.74 Å². The first kappa shape index (κ1) is 14.4. The van der Waals surface area contributed by atoms with Gasteiger partial charge < -0.3 is 4.74 Å². The third-order valence-corrected chi connectivity index (χ3v) is 5.47. The lowest BCUT2D eigenvalue weighted by molar-refractivity contribution is 0.0538. The summed E-state index contributed by atoms with van der Waals surface area (Å²) in [5.74, 6) is 0.940. The van der Waals surface area contributed by atoms with E-state index in [2.05, 4.69) is 44.8 Å². The van der Waals surface area contributed by atoms with E-state index in [0.717, 1.165) is 18.3 Å². The van der Waals surface area contributed by atoms with Gasteiger partial charge in [0, 0.05) is 36.2 Å². The van der Waals surface area contributed by atoms with Gasteiger partial charge in [-0.3, -0.25) is 9.80 Å². The maximum Gasteiger partial charge on any atom is 0.119 e. The minimum Gasteiger partial charge on any atom is -0.497 e. The van der Waals surface area contributed by atoms with Gasteiger partial charge in [-0.15, -0.1) is 0 Å². The van der Waals surface area contributed by atoms with Gasteiger partial charge in [0.25, 0.3) is 0 Å². The zero-order chi connectivity index (χ0) is 14.1. The van der Waals surface area contributed by atoms with Crippen LogP contribution in [0.5, 0.6) is 5.75 Å². The lowest BCUT2D eigenvalue weighted by atomic mass is 10.1. The number of rotatable bonds is 3. The summed E-state index contributed by atoms with van der Waals surface area (Å²) in [5, 5.41) is 0. The molecule has 3 nitrogen and oxygen atoms in total. The molecule has 110 valence electrons. The van der Waals surface area contributed by atoms with Gasteiger partial charge in [0.1, 0.15) is 5.75 Å². The van der Waals surface area contributed by atoms with Crippen molar-refractivity contribution in [1.82, 2.24) is 9.80 Å². The Balaban J connectivity index is 1.73. The van der Waals surface area contributed by atoms with Crippen molar-refractivity contribution >= 4 is 15.9 Å². The molecule has 2 unspecified atom stereocenters. The Kier molecular flexibility index (Phi) is 4.34. The van der Waals surface area contributed by atoms with Gasteiger partial charge in [-0.1, -0.05) is 15.9 Å². The van der Waals surface area contributed by atoms with Gasteiger partial charge in [0.05, 0.1) is 7.11 Å². The van der Waals surface area contributed by atoms with Gasteiger partial charge in [0.2, 0.25) is 0 Å². The minimum atomic E-state index is 0.627. The molecule has 0 N–H and O–H groups in total. The number of halogens is 1. The van der Waals surface area contributed by atoms with Gasteiger partial charge in [-0.25, -0.2) is 0 Å². The van der Waals surface area contributed by atoms with Crippen LogP contribution in [0, 0.1) is 0 Å². The van der Waals surface area contributed by atoms with Crippen LogP contribution >= 0.6 is 15.9 Å². The average Bonchev–Trinajstić information content (AvgIpc) is 2.88. The van der Waals surface area contributed by atoms with Crippen LogP contribution in [0.2, 0.25) is 0 Å². The molecule has 2 aliphatic heterocycles. The Morgan fingerprint density at radius 2 is 2.20 bits per heavy atom. The lowest BCUT2D eigenvalue weighted by Crippen LogP contribution is -2.54. The summed E-state index contributed by atoms with van der Waals surface area (Å²) >= 11 is 3.67. The van der Waals surface area contributed by atoms with Crippen molar-refractivity contribution in [3.8, 4) is 5.75 Å². The molecule has 4 heteroatoms. The van der Waals surface area contributed by atoms with Crippen LogP contribution in [0.3, 0.4) is 0 Å². The Bertz CT molecular complexity index is 480. The maximum absolute atomic E-state index is 5.35. The van der Waals surface area contributed by atoms with Gasteiger partial charge in [-0.2, -0.15) is 0 Å². The molecular formula is C16H23BrN2O. The summed E-state index contributed by atoms with van der Waals surface area (Å²) in [7, 11) is 1.73. The standard InChI is InChI=1S/C16H23BrN2O/c1-12-9-18-7-3-4-14(18)11-19(12)10-13-8-15(20-2)5-6-16(13)17/h5-6,8,12,14H,3-4,7,9-11H2,1-2H3. The summed E-state index contributed by atoms with van der Waals surface area (Å²) in [5.41, 5.74) is 1.32. The summed E-state index contributed by atoms with van der Waals surface area (Å²) in [6, 6.07) is 7.65. The molecule has 3 rings (SSSR count). The van der Waals surface area contributed by atoms with Crippen LogP contribution in [0.15, 0.2) is 22.7 Å². The third kappa shape index (κ3) is 2.87. The van der Waals surface area contributed by atoms with Gasteiger partial charge in [-0.05, 0) is 50.1 Å². The fourth-order valence-corrected chi connectivity index (χ4v) is 3.86. The predicted molar refractivity (Wildman–Crippen MR) is 85.2 cm³/mol. The summed E-state index contributed by atoms with van der Waals surface area (Å²) in [6.45, 7) is 7.06. The van der Waals surface area contributed by atoms with Crippen molar-refractivity contribution in [3.05, 3.63) is 28.2 Å². The molecule has 0 bridgehead atoms. The van der Waals surface area contributed by atoms with Gasteiger partial charge >= 0.3 is 0 Å². The Hall–Kier alpha value is -0.580. The molecule has 0 amide bonds. The predicted octanol–water partition coefficient (Wildman–Crippen LogP) is 3.13. The lowest BCUT2D eigenvalue weighted by Gasteiger charge is -2.42. The Morgan fingerprint density at radius 1 is 1.35 bits per heavy atom. The first-order valence-electron chi connectivity index (χ1n) is 7.48. The first-order chi connectivity index (χ1) is 9.67. The number of hydrogen-bond donors (Lipinski definition) is 0.